The zero-order valence-corrected chi connectivity index (χ0v) is 17.0. The van der Waals surface area contributed by atoms with Gasteiger partial charge in [0.1, 0.15) is 6.54 Å². The van der Waals surface area contributed by atoms with Gasteiger partial charge in [-0.25, -0.2) is 8.42 Å². The molecular formula is C23H24N2O3S. The van der Waals surface area contributed by atoms with Crippen LogP contribution in [-0.2, 0) is 14.8 Å². The van der Waals surface area contributed by atoms with Crippen LogP contribution in [0.3, 0.4) is 0 Å². The number of benzene rings is 3. The standard InChI is InChI=1S/C23H24N2O3S/c1-2-22(19-12-6-3-7-13-19)24-23(26)18-25(20-14-8-4-9-15-20)29(27,28)21-16-10-5-11-17-21/h3-17,22H,2,18H2,1H3,(H,24,26). The summed E-state index contributed by atoms with van der Waals surface area (Å²) in [5, 5.41) is 2.96. The molecule has 150 valence electrons. The van der Waals surface area contributed by atoms with Gasteiger partial charge >= 0.3 is 0 Å². The summed E-state index contributed by atoms with van der Waals surface area (Å²) < 4.78 is 27.6. The summed E-state index contributed by atoms with van der Waals surface area (Å²) in [4.78, 5) is 13.0. The monoisotopic (exact) mass is 408 g/mol. The van der Waals surface area contributed by atoms with Crippen LogP contribution >= 0.6 is 0 Å². The van der Waals surface area contributed by atoms with Gasteiger partial charge in [-0.3, -0.25) is 9.10 Å². The van der Waals surface area contributed by atoms with E-state index in [1.807, 2.05) is 37.3 Å². The predicted octanol–water partition coefficient (Wildman–Crippen LogP) is 4.15. The van der Waals surface area contributed by atoms with Gasteiger partial charge < -0.3 is 5.32 Å². The highest BCUT2D eigenvalue weighted by Crippen LogP contribution is 2.23. The number of hydrogen-bond acceptors (Lipinski definition) is 3. The quantitative estimate of drug-likeness (QED) is 0.609. The molecule has 0 radical (unpaired) electrons. The number of nitrogens with one attached hydrogen (secondary N) is 1. The van der Waals surface area contributed by atoms with Crippen molar-refractivity contribution in [2.45, 2.75) is 24.3 Å². The Kier molecular flexibility index (Phi) is 6.67. The van der Waals surface area contributed by atoms with Gasteiger partial charge in [0, 0.05) is 0 Å². The molecule has 0 spiro atoms. The van der Waals surface area contributed by atoms with E-state index in [0.29, 0.717) is 12.1 Å². The molecule has 1 atom stereocenters. The number of carbonyl (C=O) groups excluding carboxylic acids is 1. The fourth-order valence-electron chi connectivity index (χ4n) is 3.11. The molecule has 0 aliphatic rings. The van der Waals surface area contributed by atoms with Crippen molar-refractivity contribution in [1.82, 2.24) is 5.32 Å². The summed E-state index contributed by atoms with van der Waals surface area (Å²) in [5.41, 5.74) is 1.43. The first kappa shape index (κ1) is 20.6. The van der Waals surface area contributed by atoms with Crippen molar-refractivity contribution in [3.63, 3.8) is 0 Å². The second-order valence-electron chi connectivity index (χ2n) is 6.60. The number of hydrogen-bond donors (Lipinski definition) is 1. The van der Waals surface area contributed by atoms with Crippen LogP contribution in [0.1, 0.15) is 24.9 Å². The Morgan fingerprint density at radius 1 is 0.862 bits per heavy atom. The molecule has 6 heteroatoms. The van der Waals surface area contributed by atoms with Gasteiger partial charge in [0.15, 0.2) is 0 Å². The van der Waals surface area contributed by atoms with E-state index in [4.69, 9.17) is 0 Å². The fourth-order valence-corrected chi connectivity index (χ4v) is 4.55. The van der Waals surface area contributed by atoms with Crippen LogP contribution < -0.4 is 9.62 Å². The second kappa shape index (κ2) is 9.39. The molecule has 0 heterocycles. The van der Waals surface area contributed by atoms with Gasteiger partial charge in [0.2, 0.25) is 5.91 Å². The molecule has 0 saturated heterocycles. The highest BCUT2D eigenvalue weighted by molar-refractivity contribution is 7.92. The first-order chi connectivity index (χ1) is 14.0. The van der Waals surface area contributed by atoms with Gasteiger partial charge in [-0.1, -0.05) is 73.7 Å². The van der Waals surface area contributed by atoms with E-state index in [2.05, 4.69) is 5.32 Å². The molecule has 1 unspecified atom stereocenters. The lowest BCUT2D eigenvalue weighted by molar-refractivity contribution is -0.120. The van der Waals surface area contributed by atoms with Crippen LogP contribution in [-0.4, -0.2) is 20.9 Å². The summed E-state index contributed by atoms with van der Waals surface area (Å²) in [6, 6.07) is 26.3. The average molecular weight is 409 g/mol. The molecule has 5 nitrogen and oxygen atoms in total. The topological polar surface area (TPSA) is 66.5 Å². The summed E-state index contributed by atoms with van der Waals surface area (Å²) in [6.07, 6.45) is 0.701. The van der Waals surface area contributed by atoms with Gasteiger partial charge in [0.25, 0.3) is 10.0 Å². The third kappa shape index (κ3) is 5.03. The van der Waals surface area contributed by atoms with Crippen LogP contribution in [0.4, 0.5) is 5.69 Å². The second-order valence-corrected chi connectivity index (χ2v) is 8.46. The highest BCUT2D eigenvalue weighted by atomic mass is 32.2. The van der Waals surface area contributed by atoms with E-state index in [1.165, 1.54) is 12.1 Å². The molecule has 29 heavy (non-hydrogen) atoms. The number of carbonyl (C=O) groups is 1. The van der Waals surface area contributed by atoms with E-state index in [0.717, 1.165) is 9.87 Å². The maximum atomic E-state index is 13.2. The molecule has 0 aliphatic carbocycles. The van der Waals surface area contributed by atoms with Gasteiger partial charge in [-0.05, 0) is 36.2 Å². The number of amides is 1. The van der Waals surface area contributed by atoms with E-state index >= 15 is 0 Å². The van der Waals surface area contributed by atoms with Crippen molar-refractivity contribution >= 4 is 21.6 Å². The lowest BCUT2D eigenvalue weighted by atomic mass is 10.0. The van der Waals surface area contributed by atoms with Crippen LogP contribution in [0.5, 0.6) is 0 Å². The Balaban J connectivity index is 1.87. The third-order valence-corrected chi connectivity index (χ3v) is 6.40. The normalized spacial score (nSPS) is 12.2. The summed E-state index contributed by atoms with van der Waals surface area (Å²) >= 11 is 0. The lowest BCUT2D eigenvalue weighted by Gasteiger charge is -2.25. The molecule has 0 aromatic heterocycles. The van der Waals surface area contributed by atoms with Gasteiger partial charge in [-0.15, -0.1) is 0 Å². The Morgan fingerprint density at radius 2 is 1.38 bits per heavy atom. The maximum Gasteiger partial charge on any atom is 0.264 e. The first-order valence-corrected chi connectivity index (χ1v) is 10.9. The molecule has 1 N–H and O–H groups in total. The summed E-state index contributed by atoms with van der Waals surface area (Å²) in [6.45, 7) is 1.68. The molecule has 3 aromatic carbocycles. The van der Waals surface area contributed by atoms with Crippen LogP contribution in [0.2, 0.25) is 0 Å². The van der Waals surface area contributed by atoms with E-state index in [-0.39, 0.29) is 23.4 Å². The van der Waals surface area contributed by atoms with Crippen LogP contribution in [0.25, 0.3) is 0 Å². The van der Waals surface area contributed by atoms with Crippen molar-refractivity contribution in [2.24, 2.45) is 0 Å². The largest absolute Gasteiger partial charge is 0.348 e. The minimum atomic E-state index is -3.88. The molecule has 1 amide bonds. The molecule has 0 bridgehead atoms. The van der Waals surface area contributed by atoms with E-state index in [9.17, 15) is 13.2 Å². The fraction of sp³-hybridized carbons (Fsp3) is 0.174. The Morgan fingerprint density at radius 3 is 1.93 bits per heavy atom. The van der Waals surface area contributed by atoms with Gasteiger partial charge in [0.05, 0.1) is 16.6 Å². The zero-order valence-electron chi connectivity index (χ0n) is 16.2. The van der Waals surface area contributed by atoms with Gasteiger partial charge in [-0.2, -0.15) is 0 Å². The number of anilines is 1. The number of nitrogens with zero attached hydrogens (tertiary/aromatic N) is 1. The zero-order chi connectivity index (χ0) is 20.7. The minimum Gasteiger partial charge on any atom is -0.348 e. The predicted molar refractivity (Wildman–Crippen MR) is 115 cm³/mol. The minimum absolute atomic E-state index is 0.145. The molecule has 3 aromatic rings. The van der Waals surface area contributed by atoms with Crippen LogP contribution in [0, 0.1) is 0 Å². The Bertz CT molecular complexity index is 1020. The SMILES string of the molecule is CCC(NC(=O)CN(c1ccccc1)S(=O)(=O)c1ccccc1)c1ccccc1. The van der Waals surface area contributed by atoms with Crippen molar-refractivity contribution in [1.29, 1.82) is 0 Å². The Labute approximate surface area is 172 Å². The molecule has 0 fully saturated rings. The van der Waals surface area contributed by atoms with Crippen LogP contribution in [0.15, 0.2) is 95.9 Å². The third-order valence-electron chi connectivity index (χ3n) is 4.61. The smallest absolute Gasteiger partial charge is 0.264 e. The van der Waals surface area contributed by atoms with Crippen molar-refractivity contribution < 1.29 is 13.2 Å². The highest BCUT2D eigenvalue weighted by Gasteiger charge is 2.27. The van der Waals surface area contributed by atoms with E-state index < -0.39 is 10.0 Å². The maximum absolute atomic E-state index is 13.2. The van der Waals surface area contributed by atoms with Crippen molar-refractivity contribution in [2.75, 3.05) is 10.8 Å². The number of sulfonamides is 1. The summed E-state index contributed by atoms with van der Waals surface area (Å²) in [7, 11) is -3.88. The number of para-hydroxylation sites is 1. The first-order valence-electron chi connectivity index (χ1n) is 9.49. The van der Waals surface area contributed by atoms with Crippen molar-refractivity contribution in [3.8, 4) is 0 Å². The number of rotatable bonds is 8. The van der Waals surface area contributed by atoms with Crippen molar-refractivity contribution in [3.05, 3.63) is 96.6 Å². The summed E-state index contributed by atoms with van der Waals surface area (Å²) in [5.74, 6) is -0.357. The average Bonchev–Trinajstić information content (AvgIpc) is 2.77. The molecular weight excluding hydrogens is 384 g/mol. The Hall–Kier alpha value is -3.12. The molecule has 0 saturated carbocycles. The van der Waals surface area contributed by atoms with E-state index in [1.54, 1.807) is 48.5 Å². The lowest BCUT2D eigenvalue weighted by Crippen LogP contribution is -2.42. The molecule has 3 rings (SSSR count). The molecule has 0 aliphatic heterocycles.